The molecule has 0 radical (unpaired) electrons. The van der Waals surface area contributed by atoms with Crippen molar-refractivity contribution in [3.05, 3.63) is 27.7 Å². The first-order valence-corrected chi connectivity index (χ1v) is 7.46. The number of aliphatic hydroxyl groups is 1. The molecule has 0 aliphatic carbocycles. The van der Waals surface area contributed by atoms with Gasteiger partial charge in [0.05, 0.1) is 11.0 Å². The Labute approximate surface area is 110 Å². The van der Waals surface area contributed by atoms with Gasteiger partial charge in [-0.1, -0.05) is 15.9 Å². The zero-order chi connectivity index (χ0) is 13.2. The van der Waals surface area contributed by atoms with E-state index in [4.69, 9.17) is 5.11 Å². The Kier molecular flexibility index (Phi) is 4.71. The first kappa shape index (κ1) is 14.6. The molecular formula is C11H16BrNO3S. The van der Waals surface area contributed by atoms with Crippen molar-refractivity contribution in [3.8, 4) is 0 Å². The smallest absolute Gasteiger partial charge is 0.240 e. The monoisotopic (exact) mass is 321 g/mol. The van der Waals surface area contributed by atoms with Crippen molar-refractivity contribution in [2.75, 3.05) is 6.54 Å². The van der Waals surface area contributed by atoms with Crippen molar-refractivity contribution >= 4 is 26.0 Å². The molecule has 96 valence electrons. The van der Waals surface area contributed by atoms with Crippen molar-refractivity contribution in [1.29, 1.82) is 0 Å². The highest BCUT2D eigenvalue weighted by Gasteiger charge is 2.18. The lowest BCUT2D eigenvalue weighted by molar-refractivity contribution is 0.198. The van der Waals surface area contributed by atoms with Gasteiger partial charge in [0.15, 0.2) is 0 Å². The maximum Gasteiger partial charge on any atom is 0.240 e. The summed E-state index contributed by atoms with van der Waals surface area (Å²) >= 11 is 3.35. The zero-order valence-corrected chi connectivity index (χ0v) is 12.4. The van der Waals surface area contributed by atoms with Crippen molar-refractivity contribution in [2.45, 2.75) is 31.8 Å². The van der Waals surface area contributed by atoms with Crippen LogP contribution in [-0.4, -0.2) is 26.2 Å². The molecule has 0 aliphatic rings. The predicted octanol–water partition coefficient (Wildman–Crippen LogP) is 1.73. The summed E-state index contributed by atoms with van der Waals surface area (Å²) in [6.45, 7) is 5.11. The number of sulfonamides is 1. The Hall–Kier alpha value is -0.430. The second-order valence-electron chi connectivity index (χ2n) is 4.07. The second-order valence-corrected chi connectivity index (χ2v) is 6.66. The third-order valence-electron chi connectivity index (χ3n) is 2.31. The molecule has 0 saturated heterocycles. The highest BCUT2D eigenvalue weighted by atomic mass is 79.9. The SMILES string of the molecule is Cc1cc(S(=O)(=O)NCC(C)O)c(C)cc1Br. The van der Waals surface area contributed by atoms with Gasteiger partial charge in [0.2, 0.25) is 10.0 Å². The number of rotatable bonds is 4. The van der Waals surface area contributed by atoms with Crippen LogP contribution in [-0.2, 0) is 10.0 Å². The topological polar surface area (TPSA) is 66.4 Å². The summed E-state index contributed by atoms with van der Waals surface area (Å²) in [6, 6.07) is 3.38. The molecule has 0 aromatic heterocycles. The molecule has 0 aliphatic heterocycles. The average molecular weight is 322 g/mol. The summed E-state index contributed by atoms with van der Waals surface area (Å²) in [5.41, 5.74) is 1.52. The fraction of sp³-hybridized carbons (Fsp3) is 0.455. The Bertz CT molecular complexity index is 512. The number of aryl methyl sites for hydroxylation is 2. The van der Waals surface area contributed by atoms with Crippen LogP contribution in [0, 0.1) is 13.8 Å². The van der Waals surface area contributed by atoms with Gasteiger partial charge in [0.25, 0.3) is 0 Å². The normalized spacial score (nSPS) is 13.7. The van der Waals surface area contributed by atoms with Crippen molar-refractivity contribution < 1.29 is 13.5 Å². The Morgan fingerprint density at radius 3 is 2.47 bits per heavy atom. The first-order chi connectivity index (χ1) is 7.74. The van der Waals surface area contributed by atoms with E-state index >= 15 is 0 Å². The highest BCUT2D eigenvalue weighted by molar-refractivity contribution is 9.10. The molecule has 1 aromatic rings. The maximum absolute atomic E-state index is 12.0. The summed E-state index contributed by atoms with van der Waals surface area (Å²) < 4.78 is 27.2. The largest absolute Gasteiger partial charge is 0.392 e. The van der Waals surface area contributed by atoms with Gasteiger partial charge >= 0.3 is 0 Å². The third-order valence-corrected chi connectivity index (χ3v) is 4.73. The van der Waals surface area contributed by atoms with Gasteiger partial charge in [0, 0.05) is 11.0 Å². The van der Waals surface area contributed by atoms with E-state index in [9.17, 15) is 8.42 Å². The van der Waals surface area contributed by atoms with Crippen molar-refractivity contribution in [1.82, 2.24) is 4.72 Å². The summed E-state index contributed by atoms with van der Waals surface area (Å²) in [5.74, 6) is 0. The number of hydrogen-bond acceptors (Lipinski definition) is 3. The van der Waals surface area contributed by atoms with E-state index < -0.39 is 16.1 Å². The van der Waals surface area contributed by atoms with E-state index in [-0.39, 0.29) is 11.4 Å². The van der Waals surface area contributed by atoms with Crippen LogP contribution >= 0.6 is 15.9 Å². The van der Waals surface area contributed by atoms with Crippen LogP contribution < -0.4 is 4.72 Å². The van der Waals surface area contributed by atoms with E-state index in [0.717, 1.165) is 10.0 Å². The predicted molar refractivity (Wildman–Crippen MR) is 70.5 cm³/mol. The zero-order valence-electron chi connectivity index (χ0n) is 9.99. The molecule has 17 heavy (non-hydrogen) atoms. The summed E-state index contributed by atoms with van der Waals surface area (Å²) in [6.07, 6.45) is -0.707. The molecule has 1 rings (SSSR count). The van der Waals surface area contributed by atoms with Gasteiger partial charge in [-0.25, -0.2) is 13.1 Å². The van der Waals surface area contributed by atoms with Gasteiger partial charge in [-0.3, -0.25) is 0 Å². The van der Waals surface area contributed by atoms with Crippen LogP contribution in [0.1, 0.15) is 18.1 Å². The molecule has 1 unspecified atom stereocenters. The molecule has 6 heteroatoms. The molecule has 1 atom stereocenters. The van der Waals surface area contributed by atoms with Gasteiger partial charge in [-0.15, -0.1) is 0 Å². The number of halogens is 1. The van der Waals surface area contributed by atoms with Crippen LogP contribution in [0.3, 0.4) is 0 Å². The highest BCUT2D eigenvalue weighted by Crippen LogP contribution is 2.24. The van der Waals surface area contributed by atoms with E-state index in [1.807, 2.05) is 6.92 Å². The maximum atomic E-state index is 12.0. The molecule has 0 bridgehead atoms. The molecule has 0 heterocycles. The fourth-order valence-corrected chi connectivity index (χ4v) is 3.24. The molecule has 0 spiro atoms. The Balaban J connectivity index is 3.11. The van der Waals surface area contributed by atoms with Gasteiger partial charge in [-0.2, -0.15) is 0 Å². The lowest BCUT2D eigenvalue weighted by Gasteiger charge is -2.12. The minimum absolute atomic E-state index is 0.0108. The third kappa shape index (κ3) is 3.77. The van der Waals surface area contributed by atoms with Crippen LogP contribution in [0.25, 0.3) is 0 Å². The lowest BCUT2D eigenvalue weighted by atomic mass is 10.2. The van der Waals surface area contributed by atoms with Crippen molar-refractivity contribution in [2.24, 2.45) is 0 Å². The first-order valence-electron chi connectivity index (χ1n) is 5.18. The van der Waals surface area contributed by atoms with E-state index in [0.29, 0.717) is 5.56 Å². The van der Waals surface area contributed by atoms with Crippen molar-refractivity contribution in [3.63, 3.8) is 0 Å². The van der Waals surface area contributed by atoms with E-state index in [1.165, 1.54) is 6.92 Å². The van der Waals surface area contributed by atoms with E-state index in [1.54, 1.807) is 19.1 Å². The fourth-order valence-electron chi connectivity index (χ4n) is 1.35. The Morgan fingerprint density at radius 1 is 1.35 bits per heavy atom. The van der Waals surface area contributed by atoms with Gasteiger partial charge in [0.1, 0.15) is 0 Å². The van der Waals surface area contributed by atoms with Gasteiger partial charge in [-0.05, 0) is 44.0 Å². The van der Waals surface area contributed by atoms with Crippen LogP contribution in [0.5, 0.6) is 0 Å². The number of benzene rings is 1. The van der Waals surface area contributed by atoms with Crippen LogP contribution in [0.2, 0.25) is 0 Å². The molecule has 0 saturated carbocycles. The molecule has 0 amide bonds. The summed E-state index contributed by atoms with van der Waals surface area (Å²) in [7, 11) is -3.56. The molecular weight excluding hydrogens is 306 g/mol. The number of aliphatic hydroxyl groups excluding tert-OH is 1. The standard InChI is InChI=1S/C11H16BrNO3S/c1-7-5-11(8(2)4-10(7)12)17(15,16)13-6-9(3)14/h4-5,9,13-14H,6H2,1-3H3. The Morgan fingerprint density at radius 2 is 1.94 bits per heavy atom. The summed E-state index contributed by atoms with van der Waals surface area (Å²) in [4.78, 5) is 0.249. The minimum Gasteiger partial charge on any atom is -0.392 e. The lowest BCUT2D eigenvalue weighted by Crippen LogP contribution is -2.31. The molecule has 4 nitrogen and oxygen atoms in total. The molecule has 2 N–H and O–H groups in total. The summed E-state index contributed by atoms with van der Waals surface area (Å²) in [5, 5.41) is 9.10. The van der Waals surface area contributed by atoms with Crippen LogP contribution in [0.15, 0.2) is 21.5 Å². The minimum atomic E-state index is -3.56. The average Bonchev–Trinajstić information content (AvgIpc) is 2.20. The number of nitrogens with one attached hydrogen (secondary N) is 1. The second kappa shape index (κ2) is 5.48. The van der Waals surface area contributed by atoms with E-state index in [2.05, 4.69) is 20.7 Å². The molecule has 0 fully saturated rings. The van der Waals surface area contributed by atoms with Crippen LogP contribution in [0.4, 0.5) is 0 Å². The number of hydrogen-bond donors (Lipinski definition) is 2. The van der Waals surface area contributed by atoms with Gasteiger partial charge < -0.3 is 5.11 Å². The molecule has 1 aromatic carbocycles. The quantitative estimate of drug-likeness (QED) is 0.887.